The minimum Gasteiger partial charge on any atom is -0.497 e. The number of amides is 1. The average Bonchev–Trinajstić information content (AvgIpc) is 3.36. The van der Waals surface area contributed by atoms with Crippen molar-refractivity contribution in [3.8, 4) is 39.7 Å². The lowest BCUT2D eigenvalue weighted by molar-refractivity contribution is -0.132. The Labute approximate surface area is 242 Å². The van der Waals surface area contributed by atoms with Gasteiger partial charge >= 0.3 is 5.97 Å². The van der Waals surface area contributed by atoms with Gasteiger partial charge in [0.25, 0.3) is 5.91 Å². The van der Waals surface area contributed by atoms with E-state index >= 15 is 0 Å². The van der Waals surface area contributed by atoms with Crippen molar-refractivity contribution in [1.29, 1.82) is 0 Å². The lowest BCUT2D eigenvalue weighted by Crippen LogP contribution is -2.11. The first-order valence-electron chi connectivity index (χ1n) is 13.1. The zero-order chi connectivity index (χ0) is 29.8. The number of aromatic nitrogens is 2. The van der Waals surface area contributed by atoms with E-state index in [1.165, 1.54) is 23.7 Å². The molecule has 5 rings (SSSR count). The van der Waals surface area contributed by atoms with Crippen LogP contribution in [0.1, 0.15) is 17.3 Å². The summed E-state index contributed by atoms with van der Waals surface area (Å²) in [6.45, 7) is 1.30. The van der Waals surface area contributed by atoms with E-state index in [2.05, 4.69) is 5.32 Å². The Morgan fingerprint density at radius 3 is 2.14 bits per heavy atom. The average molecular weight is 565 g/mol. The minimum absolute atomic E-state index is 0.148. The Morgan fingerprint density at radius 2 is 1.55 bits per heavy atom. The summed E-state index contributed by atoms with van der Waals surface area (Å²) in [4.78, 5) is 27.0. The lowest BCUT2D eigenvalue weighted by atomic mass is 10.0. The van der Waals surface area contributed by atoms with Gasteiger partial charge < -0.3 is 19.7 Å². The predicted octanol–water partition coefficient (Wildman–Crippen LogP) is 6.60. The fourth-order valence-electron chi connectivity index (χ4n) is 4.46. The largest absolute Gasteiger partial charge is 0.497 e. The number of anilines is 2. The number of halogens is 1. The van der Waals surface area contributed by atoms with Gasteiger partial charge in [-0.25, -0.2) is 4.39 Å². The molecule has 1 N–H and O–H groups in total. The van der Waals surface area contributed by atoms with Gasteiger partial charge in [0, 0.05) is 43.5 Å². The molecule has 0 aliphatic carbocycles. The van der Waals surface area contributed by atoms with Gasteiger partial charge in [-0.1, -0.05) is 30.3 Å². The van der Waals surface area contributed by atoms with Crippen molar-refractivity contribution in [2.75, 3.05) is 31.4 Å². The number of nitrogens with zero attached hydrogens (tertiary/aromatic N) is 3. The predicted molar refractivity (Wildman–Crippen MR) is 161 cm³/mol. The number of esters is 1. The molecule has 42 heavy (non-hydrogen) atoms. The number of nitrogens with one attached hydrogen (secondary N) is 1. The summed E-state index contributed by atoms with van der Waals surface area (Å²) in [5, 5.41) is 7.69. The first kappa shape index (κ1) is 28.1. The molecule has 212 valence electrons. The van der Waals surface area contributed by atoms with Crippen LogP contribution in [-0.4, -0.2) is 42.9 Å². The topological polar surface area (TPSA) is 85.7 Å². The second-order valence-electron chi connectivity index (χ2n) is 9.72. The number of hydrogen-bond donors (Lipinski definition) is 1. The summed E-state index contributed by atoms with van der Waals surface area (Å²) >= 11 is 0. The Balaban J connectivity index is 1.58. The van der Waals surface area contributed by atoms with Crippen molar-refractivity contribution in [3.63, 3.8) is 0 Å². The smallest absolute Gasteiger partial charge is 0.309 e. The van der Waals surface area contributed by atoms with Gasteiger partial charge in [0.1, 0.15) is 17.3 Å². The van der Waals surface area contributed by atoms with Crippen molar-refractivity contribution in [1.82, 2.24) is 9.78 Å². The number of ether oxygens (including phenoxy) is 2. The van der Waals surface area contributed by atoms with E-state index in [1.54, 1.807) is 67.8 Å². The molecular formula is C33H29FN4O4. The van der Waals surface area contributed by atoms with E-state index in [4.69, 9.17) is 14.6 Å². The van der Waals surface area contributed by atoms with E-state index in [0.717, 1.165) is 11.3 Å². The van der Waals surface area contributed by atoms with Crippen LogP contribution in [0.25, 0.3) is 28.1 Å². The second-order valence-corrected chi connectivity index (χ2v) is 9.72. The third kappa shape index (κ3) is 6.00. The van der Waals surface area contributed by atoms with Crippen molar-refractivity contribution in [3.05, 3.63) is 108 Å². The highest BCUT2D eigenvalue weighted by Gasteiger charge is 2.25. The molecule has 0 saturated heterocycles. The van der Waals surface area contributed by atoms with Gasteiger partial charge in [0.2, 0.25) is 5.88 Å². The second kappa shape index (κ2) is 12.0. The molecule has 0 aliphatic rings. The van der Waals surface area contributed by atoms with E-state index in [0.29, 0.717) is 39.5 Å². The zero-order valence-electron chi connectivity index (χ0n) is 23.6. The van der Waals surface area contributed by atoms with Crippen LogP contribution in [0.3, 0.4) is 0 Å². The molecule has 0 radical (unpaired) electrons. The summed E-state index contributed by atoms with van der Waals surface area (Å²) < 4.78 is 26.5. The molecule has 0 atom stereocenters. The first-order valence-corrected chi connectivity index (χ1v) is 13.1. The molecule has 1 amide bonds. The first-order chi connectivity index (χ1) is 20.2. The van der Waals surface area contributed by atoms with Gasteiger partial charge in [-0.3, -0.25) is 9.59 Å². The molecule has 0 bridgehead atoms. The number of carbonyl (C=O) groups excluding carboxylic acids is 2. The molecule has 1 aromatic heterocycles. The number of hydrogen-bond acceptors (Lipinski definition) is 6. The molecule has 5 aromatic rings. The number of benzene rings is 4. The Morgan fingerprint density at radius 1 is 0.881 bits per heavy atom. The normalized spacial score (nSPS) is 10.7. The fraction of sp³-hybridized carbons (Fsp3) is 0.121. The van der Waals surface area contributed by atoms with Crippen LogP contribution in [0, 0.1) is 5.82 Å². The molecule has 0 spiro atoms. The highest BCUT2D eigenvalue weighted by atomic mass is 19.1. The summed E-state index contributed by atoms with van der Waals surface area (Å²) in [7, 11) is 5.47. The van der Waals surface area contributed by atoms with Crippen LogP contribution in [-0.2, 0) is 4.79 Å². The number of carbonyl (C=O) groups is 2. The van der Waals surface area contributed by atoms with Crippen molar-refractivity contribution < 1.29 is 23.5 Å². The van der Waals surface area contributed by atoms with Crippen molar-refractivity contribution >= 4 is 23.3 Å². The minimum atomic E-state index is -0.549. The molecule has 0 aliphatic heterocycles. The van der Waals surface area contributed by atoms with Crippen LogP contribution in [0.5, 0.6) is 11.6 Å². The summed E-state index contributed by atoms with van der Waals surface area (Å²) in [6, 6.07) is 27.6. The van der Waals surface area contributed by atoms with Crippen molar-refractivity contribution in [2.24, 2.45) is 0 Å². The molecule has 0 fully saturated rings. The van der Waals surface area contributed by atoms with E-state index in [9.17, 15) is 14.0 Å². The van der Waals surface area contributed by atoms with Crippen LogP contribution in [0.15, 0.2) is 97.1 Å². The quantitative estimate of drug-likeness (QED) is 0.214. The lowest BCUT2D eigenvalue weighted by Gasteiger charge is -2.13. The van der Waals surface area contributed by atoms with Crippen LogP contribution in [0.4, 0.5) is 15.8 Å². The Kier molecular flexibility index (Phi) is 8.01. The van der Waals surface area contributed by atoms with E-state index in [-0.39, 0.29) is 11.8 Å². The summed E-state index contributed by atoms with van der Waals surface area (Å²) in [6.07, 6.45) is 0. The monoisotopic (exact) mass is 564 g/mol. The van der Waals surface area contributed by atoms with Crippen LogP contribution < -0.4 is 19.7 Å². The number of rotatable bonds is 8. The maximum atomic E-state index is 14.2. The highest BCUT2D eigenvalue weighted by Crippen LogP contribution is 2.41. The molecule has 8 nitrogen and oxygen atoms in total. The van der Waals surface area contributed by atoms with Gasteiger partial charge in [-0.2, -0.15) is 9.78 Å². The van der Waals surface area contributed by atoms with E-state index in [1.807, 2.05) is 43.3 Å². The number of methoxy groups -OCH3 is 1. The summed E-state index contributed by atoms with van der Waals surface area (Å²) in [5.41, 5.74) is 4.99. The third-order valence-corrected chi connectivity index (χ3v) is 6.58. The van der Waals surface area contributed by atoms with E-state index < -0.39 is 11.8 Å². The standard InChI is InChI=1S/C33H29FN4O4/c1-21(39)42-33-30(22-8-14-26(15-9-22)35-32(40)24-12-18-29(41-4)19-13-24)31(23-10-16-27(17-11-23)37(2)3)36-38(33)28-7-5-6-25(34)20-28/h5-20H,1-4H3,(H,35,40). The molecule has 9 heteroatoms. The highest BCUT2D eigenvalue weighted by molar-refractivity contribution is 6.04. The maximum Gasteiger partial charge on any atom is 0.309 e. The van der Waals surface area contributed by atoms with Crippen LogP contribution >= 0.6 is 0 Å². The van der Waals surface area contributed by atoms with Gasteiger partial charge in [-0.05, 0) is 72.3 Å². The molecule has 0 saturated carbocycles. The van der Waals surface area contributed by atoms with Crippen LogP contribution in [0.2, 0.25) is 0 Å². The molecule has 0 unspecified atom stereocenters. The SMILES string of the molecule is COc1ccc(C(=O)Nc2ccc(-c3c(-c4ccc(N(C)C)cc4)nn(-c4cccc(F)c4)c3OC(C)=O)cc2)cc1. The van der Waals surface area contributed by atoms with Gasteiger partial charge in [-0.15, -0.1) is 0 Å². The maximum absolute atomic E-state index is 14.2. The molecule has 4 aromatic carbocycles. The molecule has 1 heterocycles. The van der Waals surface area contributed by atoms with Gasteiger partial charge in [0.05, 0.1) is 18.4 Å². The fourth-order valence-corrected chi connectivity index (χ4v) is 4.46. The summed E-state index contributed by atoms with van der Waals surface area (Å²) in [5.74, 6) is -0.467. The Bertz CT molecular complexity index is 1730. The molecular weight excluding hydrogens is 535 g/mol. The van der Waals surface area contributed by atoms with Gasteiger partial charge in [0.15, 0.2) is 0 Å². The Hall–Kier alpha value is -5.44. The van der Waals surface area contributed by atoms with Crippen molar-refractivity contribution in [2.45, 2.75) is 6.92 Å². The zero-order valence-corrected chi connectivity index (χ0v) is 23.6. The third-order valence-electron chi connectivity index (χ3n) is 6.58.